The van der Waals surface area contributed by atoms with Crippen molar-refractivity contribution >= 4 is 0 Å². The van der Waals surface area contributed by atoms with Gasteiger partial charge in [-0.2, -0.15) is 0 Å². The number of hydrogen-bond donors (Lipinski definition) is 1. The maximum Gasteiger partial charge on any atom is 0.119 e. The number of aliphatic hydroxyl groups is 1. The molecule has 3 heteroatoms. The Morgan fingerprint density at radius 3 is 2.26 bits per heavy atom. The van der Waals surface area contributed by atoms with Crippen molar-refractivity contribution in [3.8, 4) is 5.75 Å². The lowest BCUT2D eigenvalue weighted by atomic mass is 10.1. The van der Waals surface area contributed by atoms with Gasteiger partial charge in [-0.15, -0.1) is 0 Å². The van der Waals surface area contributed by atoms with Crippen molar-refractivity contribution in [1.82, 2.24) is 0 Å². The van der Waals surface area contributed by atoms with E-state index >= 15 is 0 Å². The largest absolute Gasteiger partial charge is 0.491 e. The third-order valence-electron chi connectivity index (χ3n) is 2.66. The van der Waals surface area contributed by atoms with Crippen LogP contribution in [0.5, 0.6) is 5.75 Å². The predicted molar refractivity (Wildman–Crippen MR) is 77.6 cm³/mol. The van der Waals surface area contributed by atoms with Crippen molar-refractivity contribution in [1.29, 1.82) is 0 Å². The Hall–Kier alpha value is -1.06. The number of aryl methyl sites for hydroxylation is 1. The highest BCUT2D eigenvalue weighted by atomic mass is 16.5. The molecule has 0 aromatic heterocycles. The number of rotatable bonds is 7. The van der Waals surface area contributed by atoms with Crippen LogP contribution in [0, 0.1) is 0 Å². The Morgan fingerprint density at radius 1 is 1.11 bits per heavy atom. The van der Waals surface area contributed by atoms with E-state index in [9.17, 15) is 5.11 Å². The van der Waals surface area contributed by atoms with E-state index in [1.807, 2.05) is 52.0 Å². The first-order chi connectivity index (χ1) is 8.87. The SMILES string of the molecule is CC(O)CCc1ccc(OCCOC(C)(C)C)cc1. The van der Waals surface area contributed by atoms with E-state index in [0.29, 0.717) is 13.2 Å². The summed E-state index contributed by atoms with van der Waals surface area (Å²) in [4.78, 5) is 0. The fourth-order valence-corrected chi connectivity index (χ4v) is 1.64. The molecular weight excluding hydrogens is 240 g/mol. The van der Waals surface area contributed by atoms with Gasteiger partial charge in [-0.05, 0) is 58.2 Å². The zero-order valence-corrected chi connectivity index (χ0v) is 12.5. The van der Waals surface area contributed by atoms with Crippen LogP contribution in [0.25, 0.3) is 0 Å². The molecule has 108 valence electrons. The second-order valence-corrected chi connectivity index (χ2v) is 5.84. The van der Waals surface area contributed by atoms with Gasteiger partial charge < -0.3 is 14.6 Å². The summed E-state index contributed by atoms with van der Waals surface area (Å²) in [6.07, 6.45) is 1.44. The van der Waals surface area contributed by atoms with Gasteiger partial charge >= 0.3 is 0 Å². The third kappa shape index (κ3) is 7.85. The fourth-order valence-electron chi connectivity index (χ4n) is 1.64. The monoisotopic (exact) mass is 266 g/mol. The number of benzene rings is 1. The van der Waals surface area contributed by atoms with Crippen LogP contribution in [0.1, 0.15) is 39.7 Å². The second kappa shape index (κ2) is 7.51. The highest BCUT2D eigenvalue weighted by Gasteiger charge is 2.09. The van der Waals surface area contributed by atoms with Gasteiger partial charge in [0.25, 0.3) is 0 Å². The van der Waals surface area contributed by atoms with Gasteiger partial charge in [0.2, 0.25) is 0 Å². The molecule has 0 spiro atoms. The van der Waals surface area contributed by atoms with Crippen LogP contribution in [-0.2, 0) is 11.2 Å². The Bertz CT molecular complexity index is 349. The van der Waals surface area contributed by atoms with Crippen LogP contribution < -0.4 is 4.74 Å². The van der Waals surface area contributed by atoms with Crippen LogP contribution in [0.15, 0.2) is 24.3 Å². The molecule has 1 atom stereocenters. The maximum atomic E-state index is 9.24. The summed E-state index contributed by atoms with van der Waals surface area (Å²) in [5, 5.41) is 9.24. The number of ether oxygens (including phenoxy) is 2. The topological polar surface area (TPSA) is 38.7 Å². The summed E-state index contributed by atoms with van der Waals surface area (Å²) in [5.74, 6) is 0.860. The molecule has 0 aliphatic rings. The van der Waals surface area contributed by atoms with E-state index in [1.54, 1.807) is 0 Å². The van der Waals surface area contributed by atoms with E-state index in [2.05, 4.69) is 0 Å². The minimum Gasteiger partial charge on any atom is -0.491 e. The maximum absolute atomic E-state index is 9.24. The second-order valence-electron chi connectivity index (χ2n) is 5.84. The lowest BCUT2D eigenvalue weighted by Gasteiger charge is -2.19. The van der Waals surface area contributed by atoms with Gasteiger partial charge in [0, 0.05) is 0 Å². The minimum absolute atomic E-state index is 0.117. The van der Waals surface area contributed by atoms with E-state index in [0.717, 1.165) is 18.6 Å². The quantitative estimate of drug-likeness (QED) is 0.770. The summed E-state index contributed by atoms with van der Waals surface area (Å²) in [7, 11) is 0. The molecule has 0 saturated carbocycles. The van der Waals surface area contributed by atoms with E-state index in [1.165, 1.54) is 5.56 Å². The van der Waals surface area contributed by atoms with Crippen LogP contribution in [0.4, 0.5) is 0 Å². The van der Waals surface area contributed by atoms with Gasteiger partial charge in [0.1, 0.15) is 12.4 Å². The van der Waals surface area contributed by atoms with E-state index in [-0.39, 0.29) is 11.7 Å². The Labute approximate surface area is 116 Å². The zero-order chi connectivity index (χ0) is 14.3. The molecule has 0 heterocycles. The van der Waals surface area contributed by atoms with Crippen LogP contribution in [-0.4, -0.2) is 30.0 Å². The molecule has 0 bridgehead atoms. The first-order valence-corrected chi connectivity index (χ1v) is 6.90. The standard InChI is InChI=1S/C16H26O3/c1-13(17)5-6-14-7-9-15(10-8-14)18-11-12-19-16(2,3)4/h7-10,13,17H,5-6,11-12H2,1-4H3. The molecule has 19 heavy (non-hydrogen) atoms. The van der Waals surface area contributed by atoms with Crippen molar-refractivity contribution in [3.63, 3.8) is 0 Å². The van der Waals surface area contributed by atoms with Crippen LogP contribution >= 0.6 is 0 Å². The first-order valence-electron chi connectivity index (χ1n) is 6.90. The van der Waals surface area contributed by atoms with Crippen LogP contribution in [0.3, 0.4) is 0 Å². The molecule has 1 aromatic rings. The summed E-state index contributed by atoms with van der Waals surface area (Å²) in [6, 6.07) is 8.02. The summed E-state index contributed by atoms with van der Waals surface area (Å²) in [5.41, 5.74) is 1.10. The van der Waals surface area contributed by atoms with Gasteiger partial charge in [-0.25, -0.2) is 0 Å². The van der Waals surface area contributed by atoms with Crippen molar-refractivity contribution in [2.45, 2.75) is 52.2 Å². The molecule has 3 nitrogen and oxygen atoms in total. The predicted octanol–water partition coefficient (Wildman–Crippen LogP) is 3.19. The molecule has 1 aromatic carbocycles. The number of hydrogen-bond acceptors (Lipinski definition) is 3. The van der Waals surface area contributed by atoms with Crippen molar-refractivity contribution in [2.24, 2.45) is 0 Å². The van der Waals surface area contributed by atoms with Crippen molar-refractivity contribution < 1.29 is 14.6 Å². The zero-order valence-electron chi connectivity index (χ0n) is 12.5. The lowest BCUT2D eigenvalue weighted by molar-refractivity contribution is -0.0163. The van der Waals surface area contributed by atoms with E-state index < -0.39 is 0 Å². The molecule has 0 radical (unpaired) electrons. The third-order valence-corrected chi connectivity index (χ3v) is 2.66. The molecule has 1 N–H and O–H groups in total. The average Bonchev–Trinajstić information content (AvgIpc) is 2.32. The molecular formula is C16H26O3. The van der Waals surface area contributed by atoms with Crippen molar-refractivity contribution in [2.75, 3.05) is 13.2 Å². The average molecular weight is 266 g/mol. The molecule has 0 aliphatic heterocycles. The first kappa shape index (κ1) is 16.0. The number of aliphatic hydroxyl groups excluding tert-OH is 1. The van der Waals surface area contributed by atoms with Gasteiger partial charge in [0.15, 0.2) is 0 Å². The van der Waals surface area contributed by atoms with Gasteiger partial charge in [0.05, 0.1) is 18.3 Å². The molecule has 1 rings (SSSR count). The molecule has 1 unspecified atom stereocenters. The van der Waals surface area contributed by atoms with E-state index in [4.69, 9.17) is 9.47 Å². The summed E-state index contributed by atoms with van der Waals surface area (Å²) < 4.78 is 11.2. The molecule has 0 fully saturated rings. The van der Waals surface area contributed by atoms with Gasteiger partial charge in [-0.3, -0.25) is 0 Å². The Kier molecular flexibility index (Phi) is 6.32. The Balaban J connectivity index is 2.28. The molecule has 0 aliphatic carbocycles. The molecule has 0 amide bonds. The highest BCUT2D eigenvalue weighted by Crippen LogP contribution is 2.14. The smallest absolute Gasteiger partial charge is 0.119 e. The summed E-state index contributed by atoms with van der Waals surface area (Å²) >= 11 is 0. The van der Waals surface area contributed by atoms with Crippen molar-refractivity contribution in [3.05, 3.63) is 29.8 Å². The summed E-state index contributed by atoms with van der Waals surface area (Å²) in [6.45, 7) is 9.06. The highest BCUT2D eigenvalue weighted by molar-refractivity contribution is 5.27. The normalized spacial score (nSPS) is 13.3. The molecule has 0 saturated heterocycles. The van der Waals surface area contributed by atoms with Gasteiger partial charge in [-0.1, -0.05) is 12.1 Å². The Morgan fingerprint density at radius 2 is 1.74 bits per heavy atom. The lowest BCUT2D eigenvalue weighted by Crippen LogP contribution is -2.22. The minimum atomic E-state index is -0.245. The fraction of sp³-hybridized carbons (Fsp3) is 0.625. The van der Waals surface area contributed by atoms with Crippen LogP contribution in [0.2, 0.25) is 0 Å².